The molecule has 0 amide bonds. The summed E-state index contributed by atoms with van der Waals surface area (Å²) in [4.78, 5) is 0. The van der Waals surface area contributed by atoms with Crippen molar-refractivity contribution in [2.45, 2.75) is 18.9 Å². The fraction of sp³-hybridized carbons (Fsp3) is 1.00. The van der Waals surface area contributed by atoms with Crippen LogP contribution in [0.5, 0.6) is 0 Å². The van der Waals surface area contributed by atoms with Gasteiger partial charge in [-0.2, -0.15) is 0 Å². The molecule has 0 bridgehead atoms. The molecule has 48 valence electrons. The number of nitrogens with two attached hydrogens (primary N) is 1. The van der Waals surface area contributed by atoms with Crippen molar-refractivity contribution >= 4 is 0 Å². The summed E-state index contributed by atoms with van der Waals surface area (Å²) in [7, 11) is 0. The van der Waals surface area contributed by atoms with E-state index in [0.29, 0.717) is 18.5 Å². The van der Waals surface area contributed by atoms with Crippen molar-refractivity contribution in [3.05, 3.63) is 0 Å². The molecule has 1 rings (SSSR count). The highest BCUT2D eigenvalue weighted by molar-refractivity contribution is 4.89. The minimum absolute atomic E-state index is 0.420. The van der Waals surface area contributed by atoms with Gasteiger partial charge in [0.2, 0.25) is 0 Å². The predicted molar refractivity (Wildman–Crippen MR) is 30.5 cm³/mol. The maximum atomic E-state index is 8.14. The molecule has 0 heterocycles. The van der Waals surface area contributed by atoms with Gasteiger partial charge in [-0.25, -0.2) is 5.48 Å². The van der Waals surface area contributed by atoms with Crippen LogP contribution >= 0.6 is 0 Å². The van der Waals surface area contributed by atoms with Gasteiger partial charge in [-0.15, -0.1) is 0 Å². The highest BCUT2D eigenvalue weighted by Gasteiger charge is 2.32. The molecular formula is C5H12N2O. The summed E-state index contributed by atoms with van der Waals surface area (Å²) in [5.41, 5.74) is 7.60. The van der Waals surface area contributed by atoms with Crippen molar-refractivity contribution in [2.75, 3.05) is 6.54 Å². The van der Waals surface area contributed by atoms with E-state index in [4.69, 9.17) is 10.9 Å². The summed E-state index contributed by atoms with van der Waals surface area (Å²) in [6.45, 7) is 0.679. The fourth-order valence-electron chi connectivity index (χ4n) is 0.853. The van der Waals surface area contributed by atoms with Crippen LogP contribution in [0.2, 0.25) is 0 Å². The molecular weight excluding hydrogens is 104 g/mol. The second-order valence-electron chi connectivity index (χ2n) is 2.36. The monoisotopic (exact) mass is 116 g/mol. The van der Waals surface area contributed by atoms with Crippen LogP contribution in [0.4, 0.5) is 0 Å². The van der Waals surface area contributed by atoms with Crippen molar-refractivity contribution in [3.63, 3.8) is 0 Å². The zero-order chi connectivity index (χ0) is 5.98. The molecule has 1 aliphatic carbocycles. The van der Waals surface area contributed by atoms with E-state index in [0.717, 1.165) is 12.8 Å². The minimum atomic E-state index is 0.420. The van der Waals surface area contributed by atoms with Gasteiger partial charge in [0, 0.05) is 12.6 Å². The summed E-state index contributed by atoms with van der Waals surface area (Å²) in [5, 5.41) is 8.14. The summed E-state index contributed by atoms with van der Waals surface area (Å²) >= 11 is 0. The number of nitrogens with one attached hydrogen (secondary N) is 1. The second kappa shape index (κ2) is 2.44. The largest absolute Gasteiger partial charge is 0.327 e. The predicted octanol–water partition coefficient (Wildman–Crippen LogP) is -0.298. The molecule has 0 aromatic heterocycles. The lowest BCUT2D eigenvalue weighted by atomic mass is 10.3. The van der Waals surface area contributed by atoms with Gasteiger partial charge in [0.05, 0.1) is 0 Å². The molecule has 8 heavy (non-hydrogen) atoms. The molecule has 1 fully saturated rings. The lowest BCUT2D eigenvalue weighted by molar-refractivity contribution is 0.163. The van der Waals surface area contributed by atoms with Crippen molar-refractivity contribution in [1.29, 1.82) is 0 Å². The topological polar surface area (TPSA) is 58.3 Å². The molecule has 2 atom stereocenters. The summed E-state index contributed by atoms with van der Waals surface area (Å²) in [5.74, 6) is 0.676. The van der Waals surface area contributed by atoms with E-state index >= 15 is 0 Å². The Morgan fingerprint density at radius 2 is 2.38 bits per heavy atom. The van der Waals surface area contributed by atoms with E-state index < -0.39 is 0 Å². The highest BCUT2D eigenvalue weighted by atomic mass is 16.5. The van der Waals surface area contributed by atoms with Crippen LogP contribution in [0.1, 0.15) is 12.8 Å². The number of hydrogen-bond acceptors (Lipinski definition) is 3. The zero-order valence-electron chi connectivity index (χ0n) is 4.80. The van der Waals surface area contributed by atoms with Crippen molar-refractivity contribution in [2.24, 2.45) is 11.7 Å². The maximum absolute atomic E-state index is 8.14. The van der Waals surface area contributed by atoms with Gasteiger partial charge in [0.25, 0.3) is 0 Å². The summed E-state index contributed by atoms with van der Waals surface area (Å²) in [6.07, 6.45) is 2.15. The normalized spacial score (nSPS) is 35.2. The van der Waals surface area contributed by atoms with Crippen molar-refractivity contribution in [3.8, 4) is 0 Å². The Hall–Kier alpha value is -0.120. The molecule has 1 saturated carbocycles. The summed E-state index contributed by atoms with van der Waals surface area (Å²) in [6, 6.07) is 0.420. The fourth-order valence-corrected chi connectivity index (χ4v) is 0.853. The first-order chi connectivity index (χ1) is 3.84. The first-order valence-corrected chi connectivity index (χ1v) is 2.97. The van der Waals surface area contributed by atoms with Crippen LogP contribution in [-0.4, -0.2) is 17.8 Å². The van der Waals surface area contributed by atoms with Crippen LogP contribution in [0.3, 0.4) is 0 Å². The van der Waals surface area contributed by atoms with Crippen LogP contribution in [-0.2, 0) is 0 Å². The minimum Gasteiger partial charge on any atom is -0.327 e. The average Bonchev–Trinajstić information content (AvgIpc) is 2.42. The van der Waals surface area contributed by atoms with Gasteiger partial charge in [-0.3, -0.25) is 0 Å². The Morgan fingerprint density at radius 3 is 2.75 bits per heavy atom. The van der Waals surface area contributed by atoms with Gasteiger partial charge >= 0.3 is 0 Å². The molecule has 0 spiro atoms. The first-order valence-electron chi connectivity index (χ1n) is 2.97. The van der Waals surface area contributed by atoms with Crippen molar-refractivity contribution in [1.82, 2.24) is 5.48 Å². The second-order valence-corrected chi connectivity index (χ2v) is 2.36. The lowest BCUT2D eigenvalue weighted by Crippen LogP contribution is -2.11. The van der Waals surface area contributed by atoms with E-state index in [9.17, 15) is 0 Å². The Balaban J connectivity index is 1.89. The molecule has 2 unspecified atom stereocenters. The third-order valence-corrected chi connectivity index (χ3v) is 1.60. The van der Waals surface area contributed by atoms with Crippen LogP contribution < -0.4 is 11.2 Å². The van der Waals surface area contributed by atoms with Gasteiger partial charge in [0.1, 0.15) is 0 Å². The van der Waals surface area contributed by atoms with Crippen LogP contribution in [0.15, 0.2) is 0 Å². The third-order valence-electron chi connectivity index (χ3n) is 1.60. The van der Waals surface area contributed by atoms with Gasteiger partial charge in [-0.05, 0) is 18.8 Å². The first kappa shape index (κ1) is 6.01. The number of hydroxylamine groups is 1. The molecule has 0 radical (unpaired) electrons. The smallest absolute Gasteiger partial charge is 0.0210 e. The Labute approximate surface area is 48.8 Å². The third kappa shape index (κ3) is 1.43. The molecule has 0 aromatic carbocycles. The van der Waals surface area contributed by atoms with Crippen LogP contribution in [0, 0.1) is 5.92 Å². The number of rotatable bonds is 3. The molecule has 3 nitrogen and oxygen atoms in total. The van der Waals surface area contributed by atoms with E-state index in [1.165, 1.54) is 0 Å². The van der Waals surface area contributed by atoms with E-state index in [1.54, 1.807) is 0 Å². The van der Waals surface area contributed by atoms with E-state index in [2.05, 4.69) is 5.48 Å². The molecule has 4 N–H and O–H groups in total. The van der Waals surface area contributed by atoms with E-state index in [1.807, 2.05) is 0 Å². The molecule has 3 heteroatoms. The molecule has 0 saturated heterocycles. The van der Waals surface area contributed by atoms with E-state index in [-0.39, 0.29) is 0 Å². The van der Waals surface area contributed by atoms with Crippen LogP contribution in [0.25, 0.3) is 0 Å². The Kier molecular flexibility index (Phi) is 1.83. The Bertz CT molecular complexity index is 76.8. The lowest BCUT2D eigenvalue weighted by Gasteiger charge is -1.92. The Morgan fingerprint density at radius 1 is 1.75 bits per heavy atom. The molecule has 0 aromatic rings. The number of hydrogen-bond donors (Lipinski definition) is 3. The quantitative estimate of drug-likeness (QED) is 0.444. The average molecular weight is 116 g/mol. The van der Waals surface area contributed by atoms with Gasteiger partial charge < -0.3 is 10.9 Å². The highest BCUT2D eigenvalue weighted by Crippen LogP contribution is 2.30. The molecule has 0 aliphatic heterocycles. The zero-order valence-corrected chi connectivity index (χ0v) is 4.80. The van der Waals surface area contributed by atoms with Crippen molar-refractivity contribution < 1.29 is 5.21 Å². The SMILES string of the molecule is NC1CC1CCNO. The van der Waals surface area contributed by atoms with Gasteiger partial charge in [0.15, 0.2) is 0 Å². The van der Waals surface area contributed by atoms with Gasteiger partial charge in [-0.1, -0.05) is 0 Å². The maximum Gasteiger partial charge on any atom is 0.0210 e. The summed E-state index contributed by atoms with van der Waals surface area (Å²) < 4.78 is 0. The molecule has 1 aliphatic rings. The standard InChI is InChI=1S/C5H12N2O/c6-5-3-4(5)1-2-7-8/h4-5,7-8H,1-3,6H2.